The molecule has 3 heterocycles. The normalized spacial score (nSPS) is 18.3. The first kappa shape index (κ1) is 33.3. The number of aromatic nitrogens is 2. The highest BCUT2D eigenvalue weighted by atomic mass is 35.5. The monoisotopic (exact) mass is 678 g/mol. The molecule has 2 aromatic carbocycles. The van der Waals surface area contributed by atoms with Crippen LogP contribution < -0.4 is 5.48 Å². The van der Waals surface area contributed by atoms with E-state index in [0.29, 0.717) is 33.1 Å². The van der Waals surface area contributed by atoms with Crippen LogP contribution in [0.2, 0.25) is 5.02 Å². The van der Waals surface area contributed by atoms with Crippen molar-refractivity contribution in [3.8, 4) is 0 Å². The Hall–Kier alpha value is -4.08. The third-order valence-corrected chi connectivity index (χ3v) is 8.33. The first-order chi connectivity index (χ1) is 21.6. The van der Waals surface area contributed by atoms with Gasteiger partial charge in [0.15, 0.2) is 5.17 Å². The molecule has 3 amide bonds. The van der Waals surface area contributed by atoms with Gasteiger partial charge in [-0.2, -0.15) is 23.3 Å². The number of hydrogen-bond acceptors (Lipinski definition) is 8. The van der Waals surface area contributed by atoms with E-state index in [4.69, 9.17) is 21.2 Å². The van der Waals surface area contributed by atoms with Gasteiger partial charge in [-0.3, -0.25) is 24.0 Å². The summed E-state index contributed by atoms with van der Waals surface area (Å²) in [6.45, 7) is 5.57. The van der Waals surface area contributed by atoms with Crippen LogP contribution in [-0.2, 0) is 31.9 Å². The molecule has 0 radical (unpaired) electrons. The molecule has 2 aliphatic heterocycles. The third kappa shape index (κ3) is 7.48. The van der Waals surface area contributed by atoms with Crippen molar-refractivity contribution < 1.29 is 37.1 Å². The Kier molecular flexibility index (Phi) is 9.38. The minimum Gasteiger partial charge on any atom is -0.444 e. The lowest BCUT2D eigenvalue weighted by atomic mass is 10.1. The number of ether oxygens (including phenoxy) is 1. The largest absolute Gasteiger partial charge is 0.444 e. The van der Waals surface area contributed by atoms with Crippen LogP contribution >= 0.6 is 23.4 Å². The molecule has 244 valence electrons. The average molecular weight is 679 g/mol. The summed E-state index contributed by atoms with van der Waals surface area (Å²) in [5, 5.41) is 5.32. The lowest BCUT2D eigenvalue weighted by Gasteiger charge is -2.40. The zero-order valence-corrected chi connectivity index (χ0v) is 26.8. The number of nitrogens with zero attached hydrogens (tertiary/aromatic N) is 5. The Morgan fingerprint density at radius 1 is 1.15 bits per heavy atom. The second kappa shape index (κ2) is 13.0. The summed E-state index contributed by atoms with van der Waals surface area (Å²) in [6, 6.07) is 7.90. The van der Waals surface area contributed by atoms with Crippen LogP contribution in [0.15, 0.2) is 52.5 Å². The SMILES string of the molecule is CONC(=O)C1CN(C2=NC(=O)C(=Cc3ccc4c(cnn4Cc4ccc(Cl)cc4C(F)(F)F)c3)S2)CCN1C(=O)OC(C)(C)C. The minimum atomic E-state index is -4.57. The maximum Gasteiger partial charge on any atom is 0.416 e. The predicted molar refractivity (Wildman–Crippen MR) is 167 cm³/mol. The van der Waals surface area contributed by atoms with Gasteiger partial charge in [0.2, 0.25) is 0 Å². The number of alkyl halides is 3. The molecule has 1 unspecified atom stereocenters. The van der Waals surface area contributed by atoms with E-state index in [1.54, 1.807) is 56.1 Å². The Morgan fingerprint density at radius 2 is 1.91 bits per heavy atom. The number of piperazine rings is 1. The van der Waals surface area contributed by atoms with Gasteiger partial charge in [0.1, 0.15) is 11.6 Å². The summed E-state index contributed by atoms with van der Waals surface area (Å²) in [4.78, 5) is 50.9. The number of fused-ring (bicyclic) bond motifs is 1. The van der Waals surface area contributed by atoms with Crippen molar-refractivity contribution >= 4 is 63.4 Å². The van der Waals surface area contributed by atoms with Gasteiger partial charge >= 0.3 is 12.3 Å². The molecule has 3 aromatic rings. The summed E-state index contributed by atoms with van der Waals surface area (Å²) in [6.07, 6.45) is -2.01. The zero-order chi connectivity index (χ0) is 33.4. The van der Waals surface area contributed by atoms with Crippen LogP contribution in [0.5, 0.6) is 0 Å². The van der Waals surface area contributed by atoms with Crippen molar-refractivity contribution in [2.24, 2.45) is 4.99 Å². The molecular formula is C30H30ClF3N6O5S. The van der Waals surface area contributed by atoms with Crippen LogP contribution in [0.1, 0.15) is 37.5 Å². The molecule has 46 heavy (non-hydrogen) atoms. The molecule has 1 N–H and O–H groups in total. The van der Waals surface area contributed by atoms with Crippen LogP contribution in [-0.4, -0.2) is 81.0 Å². The highest BCUT2D eigenvalue weighted by molar-refractivity contribution is 8.18. The van der Waals surface area contributed by atoms with E-state index in [0.717, 1.165) is 17.8 Å². The fraction of sp³-hybridized carbons (Fsp3) is 0.367. The summed E-state index contributed by atoms with van der Waals surface area (Å²) < 4.78 is 47.8. The van der Waals surface area contributed by atoms with Crippen LogP contribution in [0.4, 0.5) is 18.0 Å². The highest BCUT2D eigenvalue weighted by Crippen LogP contribution is 2.35. The van der Waals surface area contributed by atoms with Gasteiger partial charge in [-0.25, -0.2) is 10.3 Å². The number of halogens is 4. The quantitative estimate of drug-likeness (QED) is 0.285. The molecule has 16 heteroatoms. The number of carbonyl (C=O) groups is 3. The fourth-order valence-corrected chi connectivity index (χ4v) is 6.13. The lowest BCUT2D eigenvalue weighted by Crippen LogP contribution is -2.61. The number of amidine groups is 1. The van der Waals surface area contributed by atoms with E-state index in [1.807, 2.05) is 0 Å². The Morgan fingerprint density at radius 3 is 2.61 bits per heavy atom. The highest BCUT2D eigenvalue weighted by Gasteiger charge is 2.40. The zero-order valence-electron chi connectivity index (χ0n) is 25.2. The Bertz CT molecular complexity index is 1750. The van der Waals surface area contributed by atoms with Crippen molar-refractivity contribution in [2.75, 3.05) is 26.7 Å². The number of amides is 3. The molecule has 5 rings (SSSR count). The smallest absolute Gasteiger partial charge is 0.416 e. The van der Waals surface area contributed by atoms with Gasteiger partial charge < -0.3 is 9.64 Å². The van der Waals surface area contributed by atoms with Crippen LogP contribution in [0.25, 0.3) is 17.0 Å². The van der Waals surface area contributed by atoms with E-state index < -0.39 is 41.3 Å². The Labute approximate surface area is 271 Å². The van der Waals surface area contributed by atoms with Gasteiger partial charge in [-0.1, -0.05) is 23.7 Å². The molecule has 0 bridgehead atoms. The number of hydrogen-bond donors (Lipinski definition) is 1. The van der Waals surface area contributed by atoms with Gasteiger partial charge in [-0.05, 0) is 74.0 Å². The van der Waals surface area contributed by atoms with Gasteiger partial charge in [0.25, 0.3) is 11.8 Å². The van der Waals surface area contributed by atoms with Crippen molar-refractivity contribution in [1.82, 2.24) is 25.1 Å². The van der Waals surface area contributed by atoms with Crippen LogP contribution in [0.3, 0.4) is 0 Å². The standard InChI is InChI=1S/C30H30ClF3N6O5S/c1-29(2,3)45-28(43)39-10-9-38(16-23(39)25(41)37-44-4)27-36-26(42)24(46-27)12-17-5-8-22-19(11-17)14-35-40(22)15-18-6-7-20(31)13-21(18)30(32,33)34/h5-8,11-14,23H,9-10,15-16H2,1-4H3,(H,37,41). The molecular weight excluding hydrogens is 649 g/mol. The molecule has 11 nitrogen and oxygen atoms in total. The van der Waals surface area contributed by atoms with Crippen molar-refractivity contribution in [1.29, 1.82) is 0 Å². The summed E-state index contributed by atoms with van der Waals surface area (Å²) >= 11 is 6.95. The van der Waals surface area contributed by atoms with Gasteiger partial charge in [0.05, 0.1) is 35.8 Å². The number of thioether (sulfide) groups is 1. The number of aliphatic imine (C=N–C) groups is 1. The summed E-state index contributed by atoms with van der Waals surface area (Å²) in [7, 11) is 1.29. The first-order valence-corrected chi connectivity index (χ1v) is 15.2. The van der Waals surface area contributed by atoms with E-state index in [9.17, 15) is 27.6 Å². The molecule has 0 spiro atoms. The van der Waals surface area contributed by atoms with Crippen molar-refractivity contribution in [2.45, 2.75) is 45.1 Å². The maximum absolute atomic E-state index is 13.6. The molecule has 1 fully saturated rings. The summed E-state index contributed by atoms with van der Waals surface area (Å²) in [5.41, 5.74) is 1.97. The van der Waals surface area contributed by atoms with E-state index in [1.165, 1.54) is 28.8 Å². The molecule has 0 saturated carbocycles. The first-order valence-electron chi connectivity index (χ1n) is 14.0. The van der Waals surface area contributed by atoms with Crippen molar-refractivity contribution in [3.05, 3.63) is 69.2 Å². The van der Waals surface area contributed by atoms with E-state index >= 15 is 0 Å². The topological polar surface area (TPSA) is 118 Å². The lowest BCUT2D eigenvalue weighted by molar-refractivity contribution is -0.139. The van der Waals surface area contributed by atoms with Gasteiger partial charge in [-0.15, -0.1) is 0 Å². The second-order valence-corrected chi connectivity index (χ2v) is 13.0. The number of hydroxylamine groups is 1. The number of rotatable bonds is 5. The predicted octanol–water partition coefficient (Wildman–Crippen LogP) is 5.33. The number of carbonyl (C=O) groups excluding carboxylic acids is 3. The van der Waals surface area contributed by atoms with Gasteiger partial charge in [0, 0.05) is 30.0 Å². The summed E-state index contributed by atoms with van der Waals surface area (Å²) in [5.74, 6) is -1.02. The molecule has 2 aliphatic rings. The fourth-order valence-electron chi connectivity index (χ4n) is 5.01. The minimum absolute atomic E-state index is 0.00925. The van der Waals surface area contributed by atoms with E-state index in [-0.39, 0.29) is 30.2 Å². The number of benzene rings is 2. The number of nitrogens with one attached hydrogen (secondary N) is 1. The Balaban J connectivity index is 1.31. The molecule has 1 saturated heterocycles. The average Bonchev–Trinajstić information content (AvgIpc) is 3.54. The van der Waals surface area contributed by atoms with Crippen LogP contribution in [0, 0.1) is 0 Å². The maximum atomic E-state index is 13.6. The van der Waals surface area contributed by atoms with E-state index in [2.05, 4.69) is 15.6 Å². The molecule has 1 atom stereocenters. The van der Waals surface area contributed by atoms with Crippen molar-refractivity contribution in [3.63, 3.8) is 0 Å². The third-order valence-electron chi connectivity index (χ3n) is 7.05. The molecule has 1 aromatic heterocycles. The second-order valence-electron chi connectivity index (χ2n) is 11.5. The molecule has 0 aliphatic carbocycles.